The van der Waals surface area contributed by atoms with E-state index in [0.717, 1.165) is 25.9 Å². The fourth-order valence-electron chi connectivity index (χ4n) is 3.47. The first kappa shape index (κ1) is 15.5. The van der Waals surface area contributed by atoms with Crippen molar-refractivity contribution >= 4 is 5.97 Å². The number of carbonyl (C=O) groups is 1. The summed E-state index contributed by atoms with van der Waals surface area (Å²) in [5, 5.41) is 12.9. The predicted octanol–water partition coefficient (Wildman–Crippen LogP) is 2.67. The van der Waals surface area contributed by atoms with Gasteiger partial charge in [-0.2, -0.15) is 0 Å². The number of rotatable bonds is 2. The van der Waals surface area contributed by atoms with Gasteiger partial charge in [-0.15, -0.1) is 5.06 Å². The molecule has 0 aromatic carbocycles. The van der Waals surface area contributed by atoms with E-state index in [0.29, 0.717) is 6.42 Å². The van der Waals surface area contributed by atoms with Gasteiger partial charge in [0.15, 0.2) is 5.60 Å². The van der Waals surface area contributed by atoms with Crippen LogP contribution in [0.5, 0.6) is 0 Å². The third kappa shape index (κ3) is 2.40. The molecule has 1 N–H and O–H groups in total. The molecule has 0 aromatic rings. The maximum atomic E-state index is 12.7. The topological polar surface area (TPSA) is 49.8 Å². The van der Waals surface area contributed by atoms with Crippen molar-refractivity contribution < 1.29 is 14.7 Å². The molecule has 0 radical (unpaired) electrons. The number of piperidine rings is 1. The monoisotopic (exact) mass is 281 g/mol. The first-order valence-corrected chi connectivity index (χ1v) is 7.58. The van der Waals surface area contributed by atoms with Crippen molar-refractivity contribution in [2.45, 2.75) is 59.0 Å². The second-order valence-electron chi connectivity index (χ2n) is 7.29. The average Bonchev–Trinajstić information content (AvgIpc) is 2.36. The van der Waals surface area contributed by atoms with Crippen molar-refractivity contribution in [1.82, 2.24) is 5.06 Å². The zero-order chi connectivity index (χ0) is 15.0. The predicted molar refractivity (Wildman–Crippen MR) is 77.8 cm³/mol. The molecule has 0 spiro atoms. The van der Waals surface area contributed by atoms with Gasteiger partial charge < -0.3 is 9.94 Å². The SMILES string of the molecule is CC1(C)C=CCC(C)(C)C1(O)C(=O)ON1CCCCC1. The van der Waals surface area contributed by atoms with Crippen LogP contribution < -0.4 is 0 Å². The highest BCUT2D eigenvalue weighted by molar-refractivity contribution is 5.82. The van der Waals surface area contributed by atoms with E-state index in [4.69, 9.17) is 4.84 Å². The van der Waals surface area contributed by atoms with E-state index >= 15 is 0 Å². The second kappa shape index (κ2) is 5.15. The highest BCUT2D eigenvalue weighted by atomic mass is 16.7. The smallest absolute Gasteiger partial charge is 0.358 e. The van der Waals surface area contributed by atoms with Crippen LogP contribution in [0.25, 0.3) is 0 Å². The van der Waals surface area contributed by atoms with Crippen molar-refractivity contribution in [3.63, 3.8) is 0 Å². The second-order valence-corrected chi connectivity index (χ2v) is 7.29. The molecule has 0 aromatic heterocycles. The van der Waals surface area contributed by atoms with Crippen LogP contribution in [0.4, 0.5) is 0 Å². The fourth-order valence-corrected chi connectivity index (χ4v) is 3.47. The third-order valence-corrected chi connectivity index (χ3v) is 4.90. The van der Waals surface area contributed by atoms with E-state index in [1.54, 1.807) is 5.06 Å². The van der Waals surface area contributed by atoms with Crippen LogP contribution in [-0.4, -0.2) is 34.8 Å². The molecule has 1 aliphatic heterocycles. The molecule has 4 heteroatoms. The average molecular weight is 281 g/mol. The van der Waals surface area contributed by atoms with E-state index in [-0.39, 0.29) is 0 Å². The number of hydrogen-bond donors (Lipinski definition) is 1. The molecule has 1 atom stereocenters. The van der Waals surface area contributed by atoms with Crippen molar-refractivity contribution in [2.24, 2.45) is 10.8 Å². The van der Waals surface area contributed by atoms with Gasteiger partial charge in [0.1, 0.15) is 0 Å². The maximum Gasteiger partial charge on any atom is 0.358 e. The van der Waals surface area contributed by atoms with Crippen molar-refractivity contribution in [3.05, 3.63) is 12.2 Å². The van der Waals surface area contributed by atoms with Crippen LogP contribution in [0.2, 0.25) is 0 Å². The standard InChI is InChI=1S/C16H27NO3/c1-14(2)9-8-10-15(3,4)16(14,19)13(18)20-17-11-6-5-7-12-17/h8-9,19H,5-7,10-12H2,1-4H3. The summed E-state index contributed by atoms with van der Waals surface area (Å²) in [4.78, 5) is 18.2. The van der Waals surface area contributed by atoms with Gasteiger partial charge >= 0.3 is 5.97 Å². The molecule has 2 aliphatic rings. The summed E-state index contributed by atoms with van der Waals surface area (Å²) in [6.45, 7) is 9.16. The Morgan fingerprint density at radius 3 is 2.30 bits per heavy atom. The van der Waals surface area contributed by atoms with Crippen LogP contribution in [0, 0.1) is 10.8 Å². The van der Waals surface area contributed by atoms with Crippen molar-refractivity contribution in [1.29, 1.82) is 0 Å². The van der Waals surface area contributed by atoms with Crippen LogP contribution in [0.1, 0.15) is 53.4 Å². The number of hydrogen-bond acceptors (Lipinski definition) is 4. The summed E-state index contributed by atoms with van der Waals surface area (Å²) in [6.07, 6.45) is 7.90. The normalized spacial score (nSPS) is 32.9. The summed E-state index contributed by atoms with van der Waals surface area (Å²) in [5.41, 5.74) is -2.69. The molecule has 1 unspecified atom stereocenters. The van der Waals surface area contributed by atoms with Crippen LogP contribution in [0.3, 0.4) is 0 Å². The van der Waals surface area contributed by atoms with Gasteiger partial charge in [-0.25, -0.2) is 4.79 Å². The van der Waals surface area contributed by atoms with Crippen LogP contribution in [-0.2, 0) is 9.63 Å². The first-order chi connectivity index (χ1) is 9.21. The van der Waals surface area contributed by atoms with Gasteiger partial charge in [0.25, 0.3) is 0 Å². The van der Waals surface area contributed by atoms with Gasteiger partial charge in [-0.1, -0.05) is 46.3 Å². The van der Waals surface area contributed by atoms with E-state index < -0.39 is 22.4 Å². The molecule has 1 heterocycles. The molecule has 114 valence electrons. The Labute approximate surface area is 121 Å². The Bertz CT molecular complexity index is 408. The van der Waals surface area contributed by atoms with Gasteiger partial charge in [0.05, 0.1) is 0 Å². The molecule has 0 saturated carbocycles. The minimum absolute atomic E-state index is 0.515. The molecule has 1 saturated heterocycles. The fraction of sp³-hybridized carbons (Fsp3) is 0.812. The first-order valence-electron chi connectivity index (χ1n) is 7.58. The lowest BCUT2D eigenvalue weighted by molar-refractivity contribution is -0.238. The zero-order valence-corrected chi connectivity index (χ0v) is 13.1. The van der Waals surface area contributed by atoms with Gasteiger partial charge in [0, 0.05) is 23.9 Å². The lowest BCUT2D eigenvalue weighted by Crippen LogP contribution is -2.63. The molecular weight excluding hydrogens is 254 g/mol. The quantitative estimate of drug-likeness (QED) is 0.791. The van der Waals surface area contributed by atoms with E-state index in [2.05, 4.69) is 0 Å². The number of nitrogens with zero attached hydrogens (tertiary/aromatic N) is 1. The van der Waals surface area contributed by atoms with E-state index in [1.807, 2.05) is 39.8 Å². The molecular formula is C16H27NO3. The Hall–Kier alpha value is -0.870. The summed E-state index contributed by atoms with van der Waals surface area (Å²) in [5.74, 6) is -0.515. The van der Waals surface area contributed by atoms with Gasteiger partial charge in [0.2, 0.25) is 0 Å². The number of carbonyl (C=O) groups excluding carboxylic acids is 1. The molecule has 0 bridgehead atoms. The van der Waals surface area contributed by atoms with E-state index in [9.17, 15) is 9.90 Å². The lowest BCUT2D eigenvalue weighted by Gasteiger charge is -2.51. The Morgan fingerprint density at radius 1 is 1.15 bits per heavy atom. The highest BCUT2D eigenvalue weighted by Crippen LogP contribution is 2.51. The Morgan fingerprint density at radius 2 is 1.75 bits per heavy atom. The Kier molecular flexibility index (Phi) is 4.00. The summed E-state index contributed by atoms with van der Waals surface area (Å²) < 4.78 is 0. The van der Waals surface area contributed by atoms with Crippen LogP contribution >= 0.6 is 0 Å². The maximum absolute atomic E-state index is 12.7. The molecule has 2 rings (SSSR count). The highest BCUT2D eigenvalue weighted by Gasteiger charge is 2.61. The van der Waals surface area contributed by atoms with E-state index in [1.165, 1.54) is 6.42 Å². The minimum Gasteiger partial charge on any atom is -0.377 e. The van der Waals surface area contributed by atoms with Gasteiger partial charge in [-0.05, 0) is 19.3 Å². The molecule has 1 fully saturated rings. The third-order valence-electron chi connectivity index (χ3n) is 4.90. The number of hydroxylamine groups is 2. The Balaban J connectivity index is 2.22. The number of aliphatic hydroxyl groups is 1. The summed E-state index contributed by atoms with van der Waals surface area (Å²) in [6, 6.07) is 0. The lowest BCUT2D eigenvalue weighted by atomic mass is 9.57. The molecule has 0 amide bonds. The largest absolute Gasteiger partial charge is 0.377 e. The van der Waals surface area contributed by atoms with Crippen molar-refractivity contribution in [2.75, 3.05) is 13.1 Å². The van der Waals surface area contributed by atoms with Gasteiger partial charge in [-0.3, -0.25) is 0 Å². The molecule has 4 nitrogen and oxygen atoms in total. The molecule has 1 aliphatic carbocycles. The molecule has 20 heavy (non-hydrogen) atoms. The van der Waals surface area contributed by atoms with Crippen LogP contribution in [0.15, 0.2) is 12.2 Å². The zero-order valence-electron chi connectivity index (χ0n) is 13.1. The summed E-state index contributed by atoms with van der Waals surface area (Å²) >= 11 is 0. The summed E-state index contributed by atoms with van der Waals surface area (Å²) in [7, 11) is 0. The number of allylic oxidation sites excluding steroid dienone is 1. The van der Waals surface area contributed by atoms with Crippen molar-refractivity contribution in [3.8, 4) is 0 Å². The minimum atomic E-state index is -1.51.